The van der Waals surface area contributed by atoms with E-state index in [0.29, 0.717) is 12.0 Å². The SMILES string of the molecule is COc1cc(-c2ccc(F)cc2)cc(C(C)=NC2CCCCC2)c1NC(C)C1C=CC=CC1. The standard InChI is InChI=1S/C29H35FN2O/c1-20(22-10-6-4-7-11-22)32-29-27(21(2)31-26-12-8-5-9-13-26)18-24(19-28(29)33-3)23-14-16-25(30)17-15-23/h4,6-7,10,14-20,22,26,32H,5,8-9,11-13H2,1-3H3. The van der Waals surface area contributed by atoms with Crippen LogP contribution in [0.25, 0.3) is 11.1 Å². The molecule has 0 amide bonds. The minimum Gasteiger partial charge on any atom is -0.495 e. The van der Waals surface area contributed by atoms with Gasteiger partial charge in [0.2, 0.25) is 0 Å². The van der Waals surface area contributed by atoms with Gasteiger partial charge in [0.1, 0.15) is 11.6 Å². The third-order valence-electron chi connectivity index (χ3n) is 6.87. The number of anilines is 1. The second kappa shape index (κ2) is 10.8. The van der Waals surface area contributed by atoms with Crippen LogP contribution in [0.3, 0.4) is 0 Å². The van der Waals surface area contributed by atoms with E-state index in [1.54, 1.807) is 7.11 Å². The summed E-state index contributed by atoms with van der Waals surface area (Å²) in [4.78, 5) is 5.15. The summed E-state index contributed by atoms with van der Waals surface area (Å²) < 4.78 is 19.4. The van der Waals surface area contributed by atoms with Crippen molar-refractivity contribution in [2.45, 2.75) is 64.5 Å². The van der Waals surface area contributed by atoms with Gasteiger partial charge >= 0.3 is 0 Å². The Bertz CT molecular complexity index is 1030. The van der Waals surface area contributed by atoms with Gasteiger partial charge in [-0.15, -0.1) is 0 Å². The lowest BCUT2D eigenvalue weighted by Crippen LogP contribution is -2.26. The summed E-state index contributed by atoms with van der Waals surface area (Å²) >= 11 is 0. The second-order valence-corrected chi connectivity index (χ2v) is 9.26. The molecular formula is C29H35FN2O. The fraction of sp³-hybridized carbons (Fsp3) is 0.414. The largest absolute Gasteiger partial charge is 0.495 e. The number of nitrogens with one attached hydrogen (secondary N) is 1. The van der Waals surface area contributed by atoms with Gasteiger partial charge in [0.05, 0.1) is 18.8 Å². The minimum absolute atomic E-state index is 0.234. The number of aliphatic imine (C=N–C) groups is 1. The molecule has 3 nitrogen and oxygen atoms in total. The van der Waals surface area contributed by atoms with E-state index < -0.39 is 0 Å². The smallest absolute Gasteiger partial charge is 0.143 e. The van der Waals surface area contributed by atoms with E-state index in [4.69, 9.17) is 9.73 Å². The number of hydrogen-bond donors (Lipinski definition) is 1. The van der Waals surface area contributed by atoms with Crippen molar-refractivity contribution >= 4 is 11.4 Å². The van der Waals surface area contributed by atoms with Gasteiger partial charge in [-0.25, -0.2) is 4.39 Å². The molecular weight excluding hydrogens is 411 g/mol. The summed E-state index contributed by atoms with van der Waals surface area (Å²) in [5.41, 5.74) is 5.02. The Balaban J connectivity index is 1.75. The molecule has 2 aliphatic rings. The number of nitrogens with zero attached hydrogens (tertiary/aromatic N) is 1. The zero-order valence-corrected chi connectivity index (χ0v) is 20.0. The van der Waals surface area contributed by atoms with Gasteiger partial charge < -0.3 is 10.1 Å². The van der Waals surface area contributed by atoms with Crippen molar-refractivity contribution in [3.63, 3.8) is 0 Å². The molecule has 2 atom stereocenters. The van der Waals surface area contributed by atoms with Crippen LogP contribution >= 0.6 is 0 Å². The van der Waals surface area contributed by atoms with Crippen LogP contribution in [0.4, 0.5) is 10.1 Å². The first-order valence-electron chi connectivity index (χ1n) is 12.2. The lowest BCUT2D eigenvalue weighted by molar-refractivity contribution is 0.415. The number of hydrogen-bond acceptors (Lipinski definition) is 3. The maximum absolute atomic E-state index is 13.5. The molecule has 1 N–H and O–H groups in total. The second-order valence-electron chi connectivity index (χ2n) is 9.26. The van der Waals surface area contributed by atoms with Gasteiger partial charge in [-0.3, -0.25) is 4.99 Å². The van der Waals surface area contributed by atoms with Crippen molar-refractivity contribution in [3.05, 3.63) is 72.1 Å². The van der Waals surface area contributed by atoms with Gasteiger partial charge in [0.25, 0.3) is 0 Å². The van der Waals surface area contributed by atoms with Crippen LogP contribution < -0.4 is 10.1 Å². The summed E-state index contributed by atoms with van der Waals surface area (Å²) in [6.07, 6.45) is 15.9. The Labute approximate surface area is 197 Å². The number of ether oxygens (including phenoxy) is 1. The molecule has 2 aromatic rings. The molecule has 0 aliphatic heterocycles. The van der Waals surface area contributed by atoms with Crippen LogP contribution in [0.2, 0.25) is 0 Å². The average molecular weight is 447 g/mol. The van der Waals surface area contributed by atoms with Gasteiger partial charge in [-0.2, -0.15) is 0 Å². The highest BCUT2D eigenvalue weighted by Crippen LogP contribution is 2.37. The van der Waals surface area contributed by atoms with Crippen molar-refractivity contribution < 1.29 is 9.13 Å². The van der Waals surface area contributed by atoms with Crippen molar-refractivity contribution in [2.75, 3.05) is 12.4 Å². The van der Waals surface area contributed by atoms with E-state index in [1.807, 2.05) is 18.2 Å². The molecule has 0 aromatic heterocycles. The summed E-state index contributed by atoms with van der Waals surface area (Å²) in [6.45, 7) is 4.33. The van der Waals surface area contributed by atoms with Crippen molar-refractivity contribution in [2.24, 2.45) is 10.9 Å². The Morgan fingerprint density at radius 1 is 1.06 bits per heavy atom. The maximum atomic E-state index is 13.5. The summed E-state index contributed by atoms with van der Waals surface area (Å²) in [6, 6.07) is 11.5. The quantitative estimate of drug-likeness (QED) is 0.445. The van der Waals surface area contributed by atoms with Crippen LogP contribution in [-0.2, 0) is 0 Å². The molecule has 0 radical (unpaired) electrons. The third kappa shape index (κ3) is 5.73. The molecule has 4 rings (SSSR count). The maximum Gasteiger partial charge on any atom is 0.143 e. The predicted octanol–water partition coefficient (Wildman–Crippen LogP) is 7.58. The fourth-order valence-electron chi connectivity index (χ4n) is 4.88. The van der Waals surface area contributed by atoms with Crippen LogP contribution in [0.15, 0.2) is 65.7 Å². The molecule has 1 fully saturated rings. The first kappa shape index (κ1) is 23.3. The summed E-state index contributed by atoms with van der Waals surface area (Å²) in [7, 11) is 1.71. The van der Waals surface area contributed by atoms with Crippen LogP contribution in [0.5, 0.6) is 5.75 Å². The summed E-state index contributed by atoms with van der Waals surface area (Å²) in [5.74, 6) is 0.967. The Morgan fingerprint density at radius 2 is 1.82 bits per heavy atom. The van der Waals surface area contributed by atoms with E-state index in [1.165, 1.54) is 31.4 Å². The zero-order chi connectivity index (χ0) is 23.2. The van der Waals surface area contributed by atoms with Crippen molar-refractivity contribution in [3.8, 4) is 16.9 Å². The number of halogens is 1. The monoisotopic (exact) mass is 446 g/mol. The first-order valence-corrected chi connectivity index (χ1v) is 12.2. The van der Waals surface area contributed by atoms with Crippen LogP contribution in [0.1, 0.15) is 57.9 Å². The Kier molecular flexibility index (Phi) is 7.64. The Morgan fingerprint density at radius 3 is 2.48 bits per heavy atom. The van der Waals surface area contributed by atoms with Crippen LogP contribution in [0, 0.1) is 11.7 Å². The van der Waals surface area contributed by atoms with Gasteiger partial charge in [0.15, 0.2) is 0 Å². The summed E-state index contributed by atoms with van der Waals surface area (Å²) in [5, 5.41) is 3.75. The predicted molar refractivity (Wildman–Crippen MR) is 137 cm³/mol. The van der Waals surface area contributed by atoms with E-state index in [2.05, 4.69) is 49.5 Å². The molecule has 0 bridgehead atoms. The highest BCUT2D eigenvalue weighted by atomic mass is 19.1. The van der Waals surface area contributed by atoms with Crippen molar-refractivity contribution in [1.29, 1.82) is 0 Å². The molecule has 0 saturated heterocycles. The lowest BCUT2D eigenvalue weighted by Gasteiger charge is -2.27. The number of rotatable bonds is 7. The topological polar surface area (TPSA) is 33.6 Å². The Hall–Kier alpha value is -2.88. The first-order chi connectivity index (χ1) is 16.0. The molecule has 2 unspecified atom stereocenters. The van der Waals surface area contributed by atoms with E-state index in [-0.39, 0.29) is 11.9 Å². The van der Waals surface area contributed by atoms with Crippen molar-refractivity contribution in [1.82, 2.24) is 0 Å². The number of benzene rings is 2. The van der Waals surface area contributed by atoms with E-state index in [9.17, 15) is 4.39 Å². The van der Waals surface area contributed by atoms with Gasteiger partial charge in [-0.1, -0.05) is 55.7 Å². The zero-order valence-electron chi connectivity index (χ0n) is 20.0. The van der Waals surface area contributed by atoms with Gasteiger partial charge in [-0.05, 0) is 68.5 Å². The lowest BCUT2D eigenvalue weighted by atomic mass is 9.92. The number of allylic oxidation sites excluding steroid dienone is 3. The third-order valence-corrected chi connectivity index (χ3v) is 6.87. The molecule has 174 valence electrons. The fourth-order valence-corrected chi connectivity index (χ4v) is 4.88. The molecule has 4 heteroatoms. The molecule has 33 heavy (non-hydrogen) atoms. The average Bonchev–Trinajstić information content (AvgIpc) is 2.85. The minimum atomic E-state index is -0.234. The van der Waals surface area contributed by atoms with E-state index in [0.717, 1.165) is 53.1 Å². The van der Waals surface area contributed by atoms with Gasteiger partial charge in [0, 0.05) is 23.2 Å². The molecule has 1 saturated carbocycles. The molecule has 2 aromatic carbocycles. The molecule has 0 spiro atoms. The molecule has 0 heterocycles. The van der Waals surface area contributed by atoms with E-state index >= 15 is 0 Å². The van der Waals surface area contributed by atoms with Crippen LogP contribution in [-0.4, -0.2) is 24.9 Å². The highest BCUT2D eigenvalue weighted by Gasteiger charge is 2.21. The highest BCUT2D eigenvalue weighted by molar-refractivity contribution is 6.06. The normalized spacial score (nSPS) is 20.0. The molecule has 2 aliphatic carbocycles. The number of methoxy groups -OCH3 is 1.